The lowest BCUT2D eigenvalue weighted by Crippen LogP contribution is -2.20. The lowest BCUT2D eigenvalue weighted by atomic mass is 9.95. The van der Waals surface area contributed by atoms with Crippen LogP contribution >= 0.6 is 11.3 Å². The predicted molar refractivity (Wildman–Crippen MR) is 105 cm³/mol. The minimum Gasteiger partial charge on any atom is -0.337 e. The van der Waals surface area contributed by atoms with Crippen molar-refractivity contribution < 1.29 is 4.79 Å². The van der Waals surface area contributed by atoms with Gasteiger partial charge in [0, 0.05) is 11.1 Å². The van der Waals surface area contributed by atoms with Crippen LogP contribution in [0.15, 0.2) is 59.4 Å². The van der Waals surface area contributed by atoms with Gasteiger partial charge in [-0.1, -0.05) is 37.3 Å². The van der Waals surface area contributed by atoms with E-state index >= 15 is 0 Å². The van der Waals surface area contributed by atoms with Gasteiger partial charge in [-0.3, -0.25) is 4.79 Å². The maximum atomic E-state index is 12.7. The number of hydrogen-bond acceptors (Lipinski definition) is 4. The van der Waals surface area contributed by atoms with E-state index in [0.29, 0.717) is 0 Å². The number of benzene rings is 2. The average Bonchev–Trinajstić information content (AvgIpc) is 3.32. The number of anilines is 1. The average molecular weight is 362 g/mol. The van der Waals surface area contributed by atoms with Gasteiger partial charge in [-0.15, -0.1) is 11.3 Å². The standard InChI is InChI=1S/C20H18N4OS/c1-2-15(13-6-4-3-5-7-13)20(25)22-14-8-9-16-17(10-14)24-19(23-16)18-11-26-12-21-18/h3-12,15H,2H2,1H3,(H,22,25)(H,23,24)/t15-/m0/s1. The first-order valence-corrected chi connectivity index (χ1v) is 9.43. The minimum atomic E-state index is -0.167. The first-order valence-electron chi connectivity index (χ1n) is 8.48. The summed E-state index contributed by atoms with van der Waals surface area (Å²) in [5.41, 5.74) is 6.11. The maximum Gasteiger partial charge on any atom is 0.231 e. The molecule has 6 heteroatoms. The second-order valence-corrected chi connectivity index (χ2v) is 6.77. The number of nitrogens with zero attached hydrogens (tertiary/aromatic N) is 2. The summed E-state index contributed by atoms with van der Waals surface area (Å²) in [5, 5.41) is 4.98. The molecule has 1 atom stereocenters. The van der Waals surface area contributed by atoms with E-state index in [-0.39, 0.29) is 11.8 Å². The van der Waals surface area contributed by atoms with Gasteiger partial charge in [0.25, 0.3) is 0 Å². The molecule has 26 heavy (non-hydrogen) atoms. The number of hydrogen-bond donors (Lipinski definition) is 2. The molecule has 0 spiro atoms. The van der Waals surface area contributed by atoms with Gasteiger partial charge in [0.1, 0.15) is 5.69 Å². The molecule has 2 aromatic carbocycles. The first-order chi connectivity index (χ1) is 12.7. The zero-order chi connectivity index (χ0) is 17.9. The summed E-state index contributed by atoms with van der Waals surface area (Å²) in [6, 6.07) is 15.6. The van der Waals surface area contributed by atoms with Gasteiger partial charge in [0.15, 0.2) is 5.82 Å². The Morgan fingerprint density at radius 3 is 2.81 bits per heavy atom. The van der Waals surface area contributed by atoms with E-state index in [9.17, 15) is 4.79 Å². The molecule has 5 nitrogen and oxygen atoms in total. The van der Waals surface area contributed by atoms with Crippen molar-refractivity contribution in [2.24, 2.45) is 0 Å². The quantitative estimate of drug-likeness (QED) is 0.535. The number of fused-ring (bicyclic) bond motifs is 1. The summed E-state index contributed by atoms with van der Waals surface area (Å²) < 4.78 is 0. The lowest BCUT2D eigenvalue weighted by molar-refractivity contribution is -0.117. The summed E-state index contributed by atoms with van der Waals surface area (Å²) in [5.74, 6) is 0.567. The number of H-pyrrole nitrogens is 1. The summed E-state index contributed by atoms with van der Waals surface area (Å²) in [4.78, 5) is 24.8. The Labute approximate surface area is 155 Å². The van der Waals surface area contributed by atoms with E-state index in [0.717, 1.165) is 40.2 Å². The predicted octanol–water partition coefficient (Wildman–Crippen LogP) is 4.82. The van der Waals surface area contributed by atoms with Crippen LogP contribution in [-0.4, -0.2) is 20.9 Å². The first kappa shape index (κ1) is 16.5. The number of carbonyl (C=O) groups excluding carboxylic acids is 1. The molecule has 0 aliphatic rings. The van der Waals surface area contributed by atoms with Crippen molar-refractivity contribution in [3.8, 4) is 11.5 Å². The van der Waals surface area contributed by atoms with Crippen LogP contribution < -0.4 is 5.32 Å². The molecule has 1 amide bonds. The molecule has 0 aliphatic heterocycles. The topological polar surface area (TPSA) is 70.7 Å². The van der Waals surface area contributed by atoms with Crippen molar-refractivity contribution in [3.63, 3.8) is 0 Å². The van der Waals surface area contributed by atoms with Gasteiger partial charge >= 0.3 is 0 Å². The van der Waals surface area contributed by atoms with Crippen LogP contribution in [0.2, 0.25) is 0 Å². The monoisotopic (exact) mass is 362 g/mol. The van der Waals surface area contributed by atoms with Crippen molar-refractivity contribution in [2.75, 3.05) is 5.32 Å². The summed E-state index contributed by atoms with van der Waals surface area (Å²) in [7, 11) is 0. The fourth-order valence-electron chi connectivity index (χ4n) is 3.03. The molecule has 2 N–H and O–H groups in total. The molecule has 2 aromatic heterocycles. The van der Waals surface area contributed by atoms with Gasteiger partial charge in [-0.2, -0.15) is 0 Å². The van der Waals surface area contributed by atoms with Gasteiger partial charge in [-0.05, 0) is 30.2 Å². The van der Waals surface area contributed by atoms with E-state index in [1.54, 1.807) is 5.51 Å². The number of thiazole rings is 1. The second-order valence-electron chi connectivity index (χ2n) is 6.05. The highest BCUT2D eigenvalue weighted by molar-refractivity contribution is 7.07. The van der Waals surface area contributed by atoms with Crippen molar-refractivity contribution in [3.05, 3.63) is 65.0 Å². The van der Waals surface area contributed by atoms with Crippen LogP contribution in [-0.2, 0) is 4.79 Å². The third kappa shape index (κ3) is 3.23. The lowest BCUT2D eigenvalue weighted by Gasteiger charge is -2.15. The molecule has 0 aliphatic carbocycles. The van der Waals surface area contributed by atoms with E-state index in [1.807, 2.05) is 60.8 Å². The van der Waals surface area contributed by atoms with Crippen molar-refractivity contribution in [2.45, 2.75) is 19.3 Å². The summed E-state index contributed by atoms with van der Waals surface area (Å²) in [6.07, 6.45) is 0.746. The van der Waals surface area contributed by atoms with Crippen LogP contribution in [0, 0.1) is 0 Å². The van der Waals surface area contributed by atoms with E-state index in [1.165, 1.54) is 11.3 Å². The van der Waals surface area contributed by atoms with Crippen LogP contribution in [0.4, 0.5) is 5.69 Å². The number of rotatable bonds is 5. The zero-order valence-corrected chi connectivity index (χ0v) is 15.1. The van der Waals surface area contributed by atoms with Crippen LogP contribution in [0.1, 0.15) is 24.8 Å². The maximum absolute atomic E-state index is 12.7. The Balaban J connectivity index is 1.57. The highest BCUT2D eigenvalue weighted by Crippen LogP contribution is 2.25. The molecule has 0 saturated heterocycles. The van der Waals surface area contributed by atoms with Crippen molar-refractivity contribution in [1.82, 2.24) is 15.0 Å². The van der Waals surface area contributed by atoms with Crippen molar-refractivity contribution in [1.29, 1.82) is 0 Å². The molecule has 0 unspecified atom stereocenters. The largest absolute Gasteiger partial charge is 0.337 e. The van der Waals surface area contributed by atoms with Crippen LogP contribution in [0.5, 0.6) is 0 Å². The molecular weight excluding hydrogens is 344 g/mol. The third-order valence-electron chi connectivity index (χ3n) is 4.35. The molecule has 130 valence electrons. The fraction of sp³-hybridized carbons (Fsp3) is 0.150. The second kappa shape index (κ2) is 7.09. The molecule has 4 aromatic rings. The Morgan fingerprint density at radius 2 is 2.08 bits per heavy atom. The molecule has 2 heterocycles. The minimum absolute atomic E-state index is 0.00251. The molecular formula is C20H18N4OS. The molecule has 0 radical (unpaired) electrons. The Bertz CT molecular complexity index is 1020. The number of carbonyl (C=O) groups is 1. The summed E-state index contributed by atoms with van der Waals surface area (Å²) >= 11 is 1.53. The molecule has 0 saturated carbocycles. The molecule has 0 fully saturated rings. The number of aromatic nitrogens is 3. The molecule has 0 bridgehead atoms. The number of aromatic amines is 1. The normalized spacial score (nSPS) is 12.2. The Morgan fingerprint density at radius 1 is 1.23 bits per heavy atom. The van der Waals surface area contributed by atoms with E-state index in [4.69, 9.17) is 0 Å². The smallest absolute Gasteiger partial charge is 0.231 e. The van der Waals surface area contributed by atoms with E-state index < -0.39 is 0 Å². The number of imidazole rings is 1. The van der Waals surface area contributed by atoms with Gasteiger partial charge in [0.05, 0.1) is 22.5 Å². The van der Waals surface area contributed by atoms with Crippen LogP contribution in [0.3, 0.4) is 0 Å². The SMILES string of the molecule is CC[C@H](C(=O)Nc1ccc2nc(-c3cscn3)[nH]c2c1)c1ccccc1. The van der Waals surface area contributed by atoms with Gasteiger partial charge in [0.2, 0.25) is 5.91 Å². The van der Waals surface area contributed by atoms with Crippen molar-refractivity contribution >= 4 is 34.0 Å². The Hall–Kier alpha value is -2.99. The molecule has 4 rings (SSSR count). The summed E-state index contributed by atoms with van der Waals surface area (Å²) in [6.45, 7) is 2.02. The van der Waals surface area contributed by atoms with Crippen LogP contribution in [0.25, 0.3) is 22.6 Å². The fourth-order valence-corrected chi connectivity index (χ4v) is 3.56. The third-order valence-corrected chi connectivity index (χ3v) is 4.94. The highest BCUT2D eigenvalue weighted by atomic mass is 32.1. The zero-order valence-electron chi connectivity index (χ0n) is 14.3. The van der Waals surface area contributed by atoms with E-state index in [2.05, 4.69) is 20.3 Å². The number of nitrogens with one attached hydrogen (secondary N) is 2. The van der Waals surface area contributed by atoms with Gasteiger partial charge < -0.3 is 10.3 Å². The highest BCUT2D eigenvalue weighted by Gasteiger charge is 2.18. The Kier molecular flexibility index (Phi) is 4.50. The van der Waals surface area contributed by atoms with Gasteiger partial charge in [-0.25, -0.2) is 9.97 Å². The number of amides is 1.